The van der Waals surface area contributed by atoms with Crippen molar-refractivity contribution in [2.24, 2.45) is 5.92 Å². The van der Waals surface area contributed by atoms with Crippen LogP contribution in [-0.4, -0.2) is 38.6 Å². The van der Waals surface area contributed by atoms with Gasteiger partial charge >= 0.3 is 0 Å². The Labute approximate surface area is 127 Å². The smallest absolute Gasteiger partial charge is 0.211 e. The molecule has 2 rings (SSSR count). The number of aryl methyl sites for hydroxylation is 1. The second-order valence-corrected chi connectivity index (χ2v) is 7.93. The van der Waals surface area contributed by atoms with Crippen molar-refractivity contribution in [2.45, 2.75) is 39.2 Å². The number of hydrogen-bond donors (Lipinski definition) is 1. The summed E-state index contributed by atoms with van der Waals surface area (Å²) in [4.78, 5) is 0. The molecule has 2 atom stereocenters. The average Bonchev–Trinajstić information content (AvgIpc) is 2.84. The number of rotatable bonds is 6. The first-order valence-corrected chi connectivity index (χ1v) is 9.49. The van der Waals surface area contributed by atoms with Gasteiger partial charge in [0.25, 0.3) is 0 Å². The minimum absolute atomic E-state index is 0.162. The van der Waals surface area contributed by atoms with E-state index >= 15 is 0 Å². The lowest BCUT2D eigenvalue weighted by molar-refractivity contribution is 0.230. The summed E-state index contributed by atoms with van der Waals surface area (Å²) in [5.41, 5.74) is 1.15. The van der Waals surface area contributed by atoms with E-state index in [1.807, 2.05) is 13.0 Å². The summed E-state index contributed by atoms with van der Waals surface area (Å²) in [6, 6.07) is 2.14. The molecule has 0 spiro atoms. The Hall–Kier alpha value is -0.850. The van der Waals surface area contributed by atoms with Gasteiger partial charge in [0, 0.05) is 13.1 Å². The monoisotopic (exact) mass is 314 g/mol. The van der Waals surface area contributed by atoms with Gasteiger partial charge in [0.1, 0.15) is 5.76 Å². The topological polar surface area (TPSA) is 62.6 Å². The lowest BCUT2D eigenvalue weighted by Gasteiger charge is -2.32. The Balaban J connectivity index is 2.05. The molecule has 5 nitrogen and oxygen atoms in total. The van der Waals surface area contributed by atoms with Crippen molar-refractivity contribution in [1.82, 2.24) is 9.62 Å². The third-order valence-corrected chi connectivity index (χ3v) is 5.46. The third kappa shape index (κ3) is 4.31. The minimum atomic E-state index is -3.08. The molecule has 120 valence electrons. The van der Waals surface area contributed by atoms with Gasteiger partial charge in [0.15, 0.2) is 0 Å². The van der Waals surface area contributed by atoms with Crippen LogP contribution in [-0.2, 0) is 10.0 Å². The van der Waals surface area contributed by atoms with Crippen molar-refractivity contribution in [3.63, 3.8) is 0 Å². The van der Waals surface area contributed by atoms with Gasteiger partial charge in [-0.3, -0.25) is 0 Å². The minimum Gasteiger partial charge on any atom is -0.467 e. The zero-order valence-corrected chi connectivity index (χ0v) is 13.9. The molecule has 0 aromatic carbocycles. The van der Waals surface area contributed by atoms with Crippen LogP contribution in [0.1, 0.15) is 43.6 Å². The van der Waals surface area contributed by atoms with Crippen LogP contribution in [0.15, 0.2) is 16.7 Å². The van der Waals surface area contributed by atoms with Crippen LogP contribution in [0.5, 0.6) is 0 Å². The standard InChI is InChI=1S/C15H26N2O3S/c1-4-16-14(15-12(2)7-9-20-15)10-13-6-5-8-17(11-13)21(3,18)19/h7,9,13-14,16H,4-6,8,10-11H2,1-3H3. The van der Waals surface area contributed by atoms with Crippen LogP contribution >= 0.6 is 0 Å². The Kier molecular flexibility index (Phi) is 5.46. The van der Waals surface area contributed by atoms with E-state index < -0.39 is 10.0 Å². The van der Waals surface area contributed by atoms with E-state index in [1.54, 1.807) is 10.6 Å². The molecule has 1 aliphatic heterocycles. The largest absolute Gasteiger partial charge is 0.467 e. The second kappa shape index (κ2) is 6.94. The number of furan rings is 1. The van der Waals surface area contributed by atoms with Gasteiger partial charge in [-0.1, -0.05) is 6.92 Å². The van der Waals surface area contributed by atoms with Crippen molar-refractivity contribution in [2.75, 3.05) is 25.9 Å². The average molecular weight is 314 g/mol. The molecule has 1 aromatic rings. The fourth-order valence-electron chi connectivity index (χ4n) is 3.12. The molecule has 1 saturated heterocycles. The molecule has 0 aliphatic carbocycles. The van der Waals surface area contributed by atoms with Crippen LogP contribution < -0.4 is 5.32 Å². The van der Waals surface area contributed by atoms with Crippen molar-refractivity contribution in [1.29, 1.82) is 0 Å². The first-order chi connectivity index (χ1) is 9.91. The number of hydrogen-bond acceptors (Lipinski definition) is 4. The molecule has 1 N–H and O–H groups in total. The van der Waals surface area contributed by atoms with Crippen LogP contribution in [0.4, 0.5) is 0 Å². The zero-order chi connectivity index (χ0) is 15.5. The maximum Gasteiger partial charge on any atom is 0.211 e. The van der Waals surface area contributed by atoms with Crippen molar-refractivity contribution in [3.05, 3.63) is 23.7 Å². The van der Waals surface area contributed by atoms with Gasteiger partial charge in [-0.2, -0.15) is 0 Å². The lowest BCUT2D eigenvalue weighted by atomic mass is 9.91. The van der Waals surface area contributed by atoms with Gasteiger partial charge in [-0.25, -0.2) is 12.7 Å². The Morgan fingerprint density at radius 2 is 2.29 bits per heavy atom. The maximum atomic E-state index is 11.7. The van der Waals surface area contributed by atoms with Gasteiger partial charge in [0.05, 0.1) is 18.6 Å². The van der Waals surface area contributed by atoms with Crippen LogP contribution in [0.3, 0.4) is 0 Å². The van der Waals surface area contributed by atoms with Crippen LogP contribution in [0, 0.1) is 12.8 Å². The predicted octanol–water partition coefficient (Wildman–Crippen LogP) is 2.30. The number of piperidine rings is 1. The van der Waals surface area contributed by atoms with Crippen molar-refractivity contribution in [3.8, 4) is 0 Å². The molecule has 0 radical (unpaired) electrons. The number of nitrogens with one attached hydrogen (secondary N) is 1. The molecule has 1 aliphatic rings. The quantitative estimate of drug-likeness (QED) is 0.875. The molecule has 0 bridgehead atoms. The Morgan fingerprint density at radius 3 is 2.86 bits per heavy atom. The summed E-state index contributed by atoms with van der Waals surface area (Å²) in [6.45, 7) is 6.27. The van der Waals surface area contributed by atoms with E-state index in [9.17, 15) is 8.42 Å². The molecule has 0 amide bonds. The highest BCUT2D eigenvalue weighted by molar-refractivity contribution is 7.88. The highest BCUT2D eigenvalue weighted by Crippen LogP contribution is 2.30. The maximum absolute atomic E-state index is 11.7. The Morgan fingerprint density at radius 1 is 1.52 bits per heavy atom. The third-order valence-electron chi connectivity index (χ3n) is 4.19. The van der Waals surface area contributed by atoms with Crippen molar-refractivity contribution >= 4 is 10.0 Å². The molecule has 1 fully saturated rings. The van der Waals surface area contributed by atoms with Crippen molar-refractivity contribution < 1.29 is 12.8 Å². The first-order valence-electron chi connectivity index (χ1n) is 7.64. The molecule has 1 aromatic heterocycles. The molecule has 21 heavy (non-hydrogen) atoms. The van der Waals surface area contributed by atoms with Gasteiger partial charge < -0.3 is 9.73 Å². The SMILES string of the molecule is CCNC(CC1CCCN(S(C)(=O)=O)C1)c1occc1C. The van der Waals surface area contributed by atoms with Gasteiger partial charge in [-0.15, -0.1) is 0 Å². The molecule has 0 saturated carbocycles. The first kappa shape index (κ1) is 16.5. The van der Waals surface area contributed by atoms with Gasteiger partial charge in [0.2, 0.25) is 10.0 Å². The summed E-state index contributed by atoms with van der Waals surface area (Å²) >= 11 is 0. The van der Waals surface area contributed by atoms with Crippen LogP contribution in [0.2, 0.25) is 0 Å². The number of sulfonamides is 1. The summed E-state index contributed by atoms with van der Waals surface area (Å²) in [7, 11) is -3.08. The van der Waals surface area contributed by atoms with Crippen LogP contribution in [0.25, 0.3) is 0 Å². The highest BCUT2D eigenvalue weighted by Gasteiger charge is 2.29. The van der Waals surface area contributed by atoms with E-state index in [0.29, 0.717) is 19.0 Å². The predicted molar refractivity (Wildman–Crippen MR) is 83.6 cm³/mol. The summed E-state index contributed by atoms with van der Waals surface area (Å²) in [5, 5.41) is 3.47. The molecular weight excluding hydrogens is 288 g/mol. The fourth-order valence-corrected chi connectivity index (χ4v) is 4.07. The molecule has 6 heteroatoms. The van der Waals surface area contributed by atoms with Gasteiger partial charge in [-0.05, 0) is 50.3 Å². The normalized spacial score (nSPS) is 22.3. The number of nitrogens with zero attached hydrogens (tertiary/aromatic N) is 1. The highest BCUT2D eigenvalue weighted by atomic mass is 32.2. The summed E-state index contributed by atoms with van der Waals surface area (Å²) in [6.07, 6.45) is 5.95. The Bertz CT molecular complexity index is 553. The fraction of sp³-hybridized carbons (Fsp3) is 0.733. The molecule has 2 heterocycles. The van der Waals surface area contributed by atoms with E-state index in [4.69, 9.17) is 4.42 Å². The summed E-state index contributed by atoms with van der Waals surface area (Å²) in [5.74, 6) is 1.36. The van der Waals surface area contributed by atoms with E-state index in [1.165, 1.54) is 6.26 Å². The second-order valence-electron chi connectivity index (χ2n) is 5.94. The molecular formula is C15H26N2O3S. The molecule has 2 unspecified atom stereocenters. The van der Waals surface area contributed by atoms with E-state index in [0.717, 1.165) is 37.1 Å². The lowest BCUT2D eigenvalue weighted by Crippen LogP contribution is -2.40. The zero-order valence-electron chi connectivity index (χ0n) is 13.1. The van der Waals surface area contributed by atoms with E-state index in [2.05, 4.69) is 12.2 Å². The summed E-state index contributed by atoms with van der Waals surface area (Å²) < 4.78 is 30.7. The van der Waals surface area contributed by atoms with E-state index in [-0.39, 0.29) is 6.04 Å².